The molecular formula is C15H14Cl2N2OS. The molecule has 0 radical (unpaired) electrons. The lowest BCUT2D eigenvalue weighted by atomic mass is 10.1. The molecule has 0 aliphatic carbocycles. The molecular weight excluding hydrogens is 327 g/mol. The van der Waals surface area contributed by atoms with Crippen molar-refractivity contribution in [3.8, 4) is 0 Å². The SMILES string of the molecule is O=C(CNc1ccc(Cl)c(Cl)c1)N1CCc2sccc2C1. The Labute approximate surface area is 137 Å². The number of hydrogen-bond acceptors (Lipinski definition) is 3. The largest absolute Gasteiger partial charge is 0.376 e. The third-order valence-electron chi connectivity index (χ3n) is 3.52. The molecule has 0 fully saturated rings. The van der Waals surface area contributed by atoms with E-state index >= 15 is 0 Å². The zero-order valence-corrected chi connectivity index (χ0v) is 13.6. The number of nitrogens with one attached hydrogen (secondary N) is 1. The van der Waals surface area contributed by atoms with E-state index in [0.717, 1.165) is 18.7 Å². The normalized spacial score (nSPS) is 13.9. The molecule has 3 rings (SSSR count). The lowest BCUT2D eigenvalue weighted by Crippen LogP contribution is -2.38. The second-order valence-electron chi connectivity index (χ2n) is 4.92. The van der Waals surface area contributed by atoms with Crippen LogP contribution in [-0.4, -0.2) is 23.9 Å². The first kappa shape index (κ1) is 14.7. The van der Waals surface area contributed by atoms with E-state index in [0.29, 0.717) is 16.6 Å². The number of carbonyl (C=O) groups is 1. The van der Waals surface area contributed by atoms with Crippen molar-refractivity contribution in [2.24, 2.45) is 0 Å². The van der Waals surface area contributed by atoms with Crippen LogP contribution in [0.15, 0.2) is 29.6 Å². The molecule has 1 aromatic heterocycles. The van der Waals surface area contributed by atoms with Gasteiger partial charge in [0.1, 0.15) is 0 Å². The van der Waals surface area contributed by atoms with Crippen LogP contribution in [0.2, 0.25) is 10.0 Å². The lowest BCUT2D eigenvalue weighted by Gasteiger charge is -2.27. The maximum absolute atomic E-state index is 12.3. The van der Waals surface area contributed by atoms with Crippen LogP contribution in [0.5, 0.6) is 0 Å². The number of thiophene rings is 1. The van der Waals surface area contributed by atoms with Crippen molar-refractivity contribution >= 4 is 46.1 Å². The molecule has 0 spiro atoms. The summed E-state index contributed by atoms with van der Waals surface area (Å²) < 4.78 is 0. The maximum atomic E-state index is 12.3. The highest BCUT2D eigenvalue weighted by Gasteiger charge is 2.21. The van der Waals surface area contributed by atoms with E-state index in [-0.39, 0.29) is 12.5 Å². The monoisotopic (exact) mass is 340 g/mol. The summed E-state index contributed by atoms with van der Waals surface area (Å²) in [5, 5.41) is 6.18. The molecule has 6 heteroatoms. The highest BCUT2D eigenvalue weighted by Crippen LogP contribution is 2.26. The Balaban J connectivity index is 1.58. The van der Waals surface area contributed by atoms with Crippen LogP contribution in [-0.2, 0) is 17.8 Å². The van der Waals surface area contributed by atoms with Gasteiger partial charge in [0, 0.05) is 23.7 Å². The first-order chi connectivity index (χ1) is 10.1. The van der Waals surface area contributed by atoms with Crippen LogP contribution in [0, 0.1) is 0 Å². The fourth-order valence-corrected chi connectivity index (χ4v) is 3.54. The molecule has 0 unspecified atom stereocenters. The minimum absolute atomic E-state index is 0.0953. The Bertz CT molecular complexity index is 671. The van der Waals surface area contributed by atoms with Crippen molar-refractivity contribution in [3.63, 3.8) is 0 Å². The molecule has 0 bridgehead atoms. The van der Waals surface area contributed by atoms with Crippen LogP contribution in [0.25, 0.3) is 0 Å². The molecule has 0 saturated heterocycles. The van der Waals surface area contributed by atoms with E-state index in [9.17, 15) is 4.79 Å². The number of carbonyl (C=O) groups excluding carboxylic acids is 1. The van der Waals surface area contributed by atoms with Crippen LogP contribution in [0.1, 0.15) is 10.4 Å². The van der Waals surface area contributed by atoms with Gasteiger partial charge in [0.05, 0.1) is 16.6 Å². The number of fused-ring (bicyclic) bond motifs is 1. The standard InChI is InChI=1S/C15H14Cl2N2OS/c16-12-2-1-11(7-13(12)17)18-8-15(20)19-5-3-14-10(9-19)4-6-21-14/h1-2,4,6-7,18H,3,5,8-9H2. The smallest absolute Gasteiger partial charge is 0.242 e. The highest BCUT2D eigenvalue weighted by atomic mass is 35.5. The predicted octanol–water partition coefficient (Wildman–Crippen LogP) is 4.05. The average Bonchev–Trinajstić information content (AvgIpc) is 2.95. The average molecular weight is 341 g/mol. The van der Waals surface area contributed by atoms with E-state index in [1.165, 1.54) is 10.4 Å². The maximum Gasteiger partial charge on any atom is 0.242 e. The molecule has 2 heterocycles. The van der Waals surface area contributed by atoms with Crippen LogP contribution >= 0.6 is 34.5 Å². The molecule has 1 aliphatic rings. The quantitative estimate of drug-likeness (QED) is 0.913. The first-order valence-corrected chi connectivity index (χ1v) is 8.29. The van der Waals surface area contributed by atoms with Crippen molar-refractivity contribution in [1.82, 2.24) is 4.90 Å². The van der Waals surface area contributed by atoms with Crippen LogP contribution in [0.4, 0.5) is 5.69 Å². The zero-order valence-electron chi connectivity index (χ0n) is 11.2. The van der Waals surface area contributed by atoms with Crippen molar-refractivity contribution in [2.45, 2.75) is 13.0 Å². The molecule has 0 atom stereocenters. The number of nitrogens with zero attached hydrogens (tertiary/aromatic N) is 1. The summed E-state index contributed by atoms with van der Waals surface area (Å²) in [5.41, 5.74) is 2.07. The number of halogens is 2. The number of rotatable bonds is 3. The molecule has 110 valence electrons. The summed E-state index contributed by atoms with van der Waals surface area (Å²) in [5.74, 6) is 0.0953. The van der Waals surface area contributed by atoms with Gasteiger partial charge in [-0.2, -0.15) is 0 Å². The Morgan fingerprint density at radius 2 is 2.14 bits per heavy atom. The Morgan fingerprint density at radius 1 is 1.29 bits per heavy atom. The topological polar surface area (TPSA) is 32.3 Å². The van der Waals surface area contributed by atoms with E-state index in [2.05, 4.69) is 16.8 Å². The van der Waals surface area contributed by atoms with E-state index < -0.39 is 0 Å². The number of hydrogen-bond donors (Lipinski definition) is 1. The molecule has 0 saturated carbocycles. The van der Waals surface area contributed by atoms with E-state index in [4.69, 9.17) is 23.2 Å². The third kappa shape index (κ3) is 3.34. The molecule has 1 N–H and O–H groups in total. The Hall–Kier alpha value is -1.23. The molecule has 1 aliphatic heterocycles. The van der Waals surface area contributed by atoms with Crippen molar-refractivity contribution < 1.29 is 4.79 Å². The summed E-state index contributed by atoms with van der Waals surface area (Å²) in [6, 6.07) is 7.36. The van der Waals surface area contributed by atoms with E-state index in [1.807, 2.05) is 11.0 Å². The van der Waals surface area contributed by atoms with Gasteiger partial charge in [-0.05, 0) is 41.6 Å². The summed E-state index contributed by atoms with van der Waals surface area (Å²) in [4.78, 5) is 15.6. The Morgan fingerprint density at radius 3 is 2.95 bits per heavy atom. The zero-order chi connectivity index (χ0) is 14.8. The van der Waals surface area contributed by atoms with Gasteiger partial charge in [0.2, 0.25) is 5.91 Å². The fourth-order valence-electron chi connectivity index (χ4n) is 2.36. The van der Waals surface area contributed by atoms with Crippen LogP contribution in [0.3, 0.4) is 0 Å². The molecule has 1 aromatic carbocycles. The molecule has 1 amide bonds. The molecule has 3 nitrogen and oxygen atoms in total. The number of benzene rings is 1. The summed E-state index contributed by atoms with van der Waals surface area (Å²) >= 11 is 13.6. The summed E-state index contributed by atoms with van der Waals surface area (Å²) in [7, 11) is 0. The highest BCUT2D eigenvalue weighted by molar-refractivity contribution is 7.10. The van der Waals surface area contributed by atoms with Gasteiger partial charge in [-0.15, -0.1) is 11.3 Å². The third-order valence-corrected chi connectivity index (χ3v) is 5.29. The van der Waals surface area contributed by atoms with Crippen molar-refractivity contribution in [3.05, 3.63) is 50.1 Å². The van der Waals surface area contributed by atoms with Crippen molar-refractivity contribution in [2.75, 3.05) is 18.4 Å². The minimum Gasteiger partial charge on any atom is -0.376 e. The van der Waals surface area contributed by atoms with E-state index in [1.54, 1.807) is 23.5 Å². The lowest BCUT2D eigenvalue weighted by molar-refractivity contribution is -0.130. The first-order valence-electron chi connectivity index (χ1n) is 6.65. The fraction of sp³-hybridized carbons (Fsp3) is 0.267. The predicted molar refractivity (Wildman–Crippen MR) is 88.4 cm³/mol. The van der Waals surface area contributed by atoms with Gasteiger partial charge < -0.3 is 10.2 Å². The van der Waals surface area contributed by atoms with Gasteiger partial charge in [0.15, 0.2) is 0 Å². The summed E-state index contributed by atoms with van der Waals surface area (Å²) in [6.07, 6.45) is 0.950. The van der Waals surface area contributed by atoms with Gasteiger partial charge in [-0.25, -0.2) is 0 Å². The van der Waals surface area contributed by atoms with Gasteiger partial charge in [-0.3, -0.25) is 4.79 Å². The Kier molecular flexibility index (Phi) is 4.38. The second kappa shape index (κ2) is 6.26. The minimum atomic E-state index is 0.0953. The van der Waals surface area contributed by atoms with Crippen molar-refractivity contribution in [1.29, 1.82) is 0 Å². The van der Waals surface area contributed by atoms with Gasteiger partial charge in [-0.1, -0.05) is 23.2 Å². The van der Waals surface area contributed by atoms with Gasteiger partial charge >= 0.3 is 0 Å². The van der Waals surface area contributed by atoms with Gasteiger partial charge in [0.25, 0.3) is 0 Å². The summed E-state index contributed by atoms with van der Waals surface area (Å²) in [6.45, 7) is 1.76. The number of anilines is 1. The molecule has 2 aromatic rings. The van der Waals surface area contributed by atoms with Crippen LogP contribution < -0.4 is 5.32 Å². The number of amides is 1. The second-order valence-corrected chi connectivity index (χ2v) is 6.73. The molecule has 21 heavy (non-hydrogen) atoms.